The standard InChI is InChI=1S/C12H16N4O/c1-3-9-16-12(17)15(2)13-11(14-16)10-7-5-4-6-8-10/h3-8,11,13-14H,1,9H2,2H3. The fourth-order valence-electron chi connectivity index (χ4n) is 1.72. The van der Waals surface area contributed by atoms with Crippen LogP contribution in [-0.4, -0.2) is 29.6 Å². The predicted octanol–water partition coefficient (Wildman–Crippen LogP) is 1.25. The maximum Gasteiger partial charge on any atom is 0.348 e. The fraction of sp³-hybridized carbons (Fsp3) is 0.250. The van der Waals surface area contributed by atoms with Crippen molar-refractivity contribution in [3.63, 3.8) is 0 Å². The monoisotopic (exact) mass is 232 g/mol. The average Bonchev–Trinajstić information content (AvgIpc) is 2.36. The maximum absolute atomic E-state index is 11.8. The number of carbonyl (C=O) groups is 1. The van der Waals surface area contributed by atoms with E-state index in [-0.39, 0.29) is 12.2 Å². The second kappa shape index (κ2) is 4.99. The predicted molar refractivity (Wildman–Crippen MR) is 65.5 cm³/mol. The molecular formula is C12H16N4O. The topological polar surface area (TPSA) is 47.6 Å². The van der Waals surface area contributed by atoms with Crippen LogP contribution in [0.5, 0.6) is 0 Å². The van der Waals surface area contributed by atoms with Crippen molar-refractivity contribution >= 4 is 6.03 Å². The summed E-state index contributed by atoms with van der Waals surface area (Å²) in [6, 6.07) is 9.76. The molecule has 2 N–H and O–H groups in total. The van der Waals surface area contributed by atoms with Crippen LogP contribution in [-0.2, 0) is 0 Å². The number of benzene rings is 1. The van der Waals surface area contributed by atoms with Gasteiger partial charge in [0.25, 0.3) is 0 Å². The van der Waals surface area contributed by atoms with Crippen molar-refractivity contribution in [1.29, 1.82) is 0 Å². The zero-order chi connectivity index (χ0) is 12.3. The van der Waals surface area contributed by atoms with E-state index in [2.05, 4.69) is 17.4 Å². The van der Waals surface area contributed by atoms with Crippen molar-refractivity contribution < 1.29 is 4.79 Å². The quantitative estimate of drug-likeness (QED) is 0.771. The number of nitrogens with one attached hydrogen (secondary N) is 2. The lowest BCUT2D eigenvalue weighted by Crippen LogP contribution is -2.63. The molecule has 2 amide bonds. The summed E-state index contributed by atoms with van der Waals surface area (Å²) in [6.07, 6.45) is 1.57. The molecule has 0 spiro atoms. The van der Waals surface area contributed by atoms with E-state index in [1.807, 2.05) is 30.3 Å². The first-order valence-electron chi connectivity index (χ1n) is 5.46. The van der Waals surface area contributed by atoms with E-state index in [0.717, 1.165) is 5.56 Å². The molecule has 5 heteroatoms. The number of rotatable bonds is 3. The molecule has 0 aromatic heterocycles. The molecule has 2 rings (SSSR count). The number of carbonyl (C=O) groups excluding carboxylic acids is 1. The Bertz CT molecular complexity index is 406. The lowest BCUT2D eigenvalue weighted by Gasteiger charge is -2.39. The van der Waals surface area contributed by atoms with Gasteiger partial charge in [-0.1, -0.05) is 36.4 Å². The van der Waals surface area contributed by atoms with Gasteiger partial charge in [0.1, 0.15) is 6.17 Å². The summed E-state index contributed by atoms with van der Waals surface area (Å²) in [5, 5.41) is 3.00. The van der Waals surface area contributed by atoms with E-state index < -0.39 is 0 Å². The molecule has 1 saturated heterocycles. The summed E-state index contributed by atoms with van der Waals surface area (Å²) in [6.45, 7) is 4.11. The highest BCUT2D eigenvalue weighted by atomic mass is 16.2. The van der Waals surface area contributed by atoms with Crippen molar-refractivity contribution in [2.24, 2.45) is 0 Å². The van der Waals surface area contributed by atoms with Crippen molar-refractivity contribution in [3.8, 4) is 0 Å². The van der Waals surface area contributed by atoms with Gasteiger partial charge in [0.15, 0.2) is 0 Å². The minimum Gasteiger partial charge on any atom is -0.260 e. The summed E-state index contributed by atoms with van der Waals surface area (Å²) >= 11 is 0. The highest BCUT2D eigenvalue weighted by Gasteiger charge is 2.28. The van der Waals surface area contributed by atoms with Crippen LogP contribution in [0.2, 0.25) is 0 Å². The molecule has 1 aliphatic rings. The third-order valence-corrected chi connectivity index (χ3v) is 2.57. The minimum absolute atomic E-state index is 0.112. The first-order chi connectivity index (χ1) is 8.22. The second-order valence-electron chi connectivity index (χ2n) is 3.84. The zero-order valence-electron chi connectivity index (χ0n) is 9.76. The van der Waals surface area contributed by atoms with Crippen molar-refractivity contribution in [3.05, 3.63) is 48.6 Å². The smallest absolute Gasteiger partial charge is 0.260 e. The molecular weight excluding hydrogens is 216 g/mol. The van der Waals surface area contributed by atoms with Crippen LogP contribution >= 0.6 is 0 Å². The molecule has 1 aromatic rings. The Morgan fingerprint density at radius 2 is 2.06 bits per heavy atom. The third-order valence-electron chi connectivity index (χ3n) is 2.57. The largest absolute Gasteiger partial charge is 0.348 e. The number of hydrazine groups is 2. The van der Waals surface area contributed by atoms with Gasteiger partial charge in [-0.15, -0.1) is 6.58 Å². The number of hydrogen-bond acceptors (Lipinski definition) is 3. The van der Waals surface area contributed by atoms with Gasteiger partial charge in [-0.05, 0) is 5.56 Å². The first kappa shape index (κ1) is 11.6. The Kier molecular flexibility index (Phi) is 3.41. The van der Waals surface area contributed by atoms with Crippen molar-refractivity contribution in [2.45, 2.75) is 6.17 Å². The highest BCUT2D eigenvalue weighted by molar-refractivity contribution is 5.74. The van der Waals surface area contributed by atoms with Gasteiger partial charge >= 0.3 is 6.03 Å². The van der Waals surface area contributed by atoms with E-state index >= 15 is 0 Å². The van der Waals surface area contributed by atoms with E-state index in [9.17, 15) is 4.79 Å². The SMILES string of the molecule is C=CCN1NC(c2ccccc2)NN(C)C1=O. The Hall–Kier alpha value is -1.85. The highest BCUT2D eigenvalue weighted by Crippen LogP contribution is 2.14. The van der Waals surface area contributed by atoms with Crippen molar-refractivity contribution in [1.82, 2.24) is 20.9 Å². The lowest BCUT2D eigenvalue weighted by molar-refractivity contribution is 0.0502. The molecule has 1 unspecified atom stereocenters. The molecule has 90 valence electrons. The third kappa shape index (κ3) is 2.46. The van der Waals surface area contributed by atoms with Crippen LogP contribution in [0.1, 0.15) is 11.7 Å². The maximum atomic E-state index is 11.8. The summed E-state index contributed by atoms with van der Waals surface area (Å²) < 4.78 is 0. The summed E-state index contributed by atoms with van der Waals surface area (Å²) in [5.74, 6) is 0. The summed E-state index contributed by atoms with van der Waals surface area (Å²) in [5.41, 5.74) is 7.25. The molecule has 1 fully saturated rings. The van der Waals surface area contributed by atoms with E-state index in [1.54, 1.807) is 13.1 Å². The Labute approximate surface area is 101 Å². The van der Waals surface area contributed by atoms with Crippen LogP contribution in [0.15, 0.2) is 43.0 Å². The summed E-state index contributed by atoms with van der Waals surface area (Å²) in [7, 11) is 1.70. The molecule has 0 bridgehead atoms. The Balaban J connectivity index is 2.15. The average molecular weight is 232 g/mol. The molecule has 1 aliphatic heterocycles. The van der Waals surface area contributed by atoms with Gasteiger partial charge in [0.2, 0.25) is 0 Å². The van der Waals surface area contributed by atoms with Crippen molar-refractivity contribution in [2.75, 3.05) is 13.6 Å². The lowest BCUT2D eigenvalue weighted by atomic mass is 10.2. The van der Waals surface area contributed by atoms with Crippen LogP contribution in [0.4, 0.5) is 4.79 Å². The molecule has 17 heavy (non-hydrogen) atoms. The summed E-state index contributed by atoms with van der Waals surface area (Å²) in [4.78, 5) is 11.8. The molecule has 0 aliphatic carbocycles. The van der Waals surface area contributed by atoms with E-state index in [0.29, 0.717) is 6.54 Å². The first-order valence-corrected chi connectivity index (χ1v) is 5.46. The van der Waals surface area contributed by atoms with Gasteiger partial charge in [0, 0.05) is 7.05 Å². The molecule has 1 heterocycles. The number of urea groups is 1. The van der Waals surface area contributed by atoms with E-state index in [1.165, 1.54) is 10.0 Å². The molecule has 1 atom stereocenters. The Morgan fingerprint density at radius 3 is 2.71 bits per heavy atom. The molecule has 1 aromatic carbocycles. The van der Waals surface area contributed by atoms with Gasteiger partial charge < -0.3 is 0 Å². The number of nitrogens with zero attached hydrogens (tertiary/aromatic N) is 2. The molecule has 0 saturated carbocycles. The molecule has 0 radical (unpaired) electrons. The second-order valence-corrected chi connectivity index (χ2v) is 3.84. The van der Waals surface area contributed by atoms with Gasteiger partial charge in [0.05, 0.1) is 6.54 Å². The van der Waals surface area contributed by atoms with Crippen LogP contribution < -0.4 is 10.9 Å². The van der Waals surface area contributed by atoms with Crippen LogP contribution in [0.3, 0.4) is 0 Å². The van der Waals surface area contributed by atoms with Gasteiger partial charge in [-0.3, -0.25) is 10.0 Å². The van der Waals surface area contributed by atoms with Crippen LogP contribution in [0.25, 0.3) is 0 Å². The Morgan fingerprint density at radius 1 is 1.35 bits per heavy atom. The zero-order valence-corrected chi connectivity index (χ0v) is 9.76. The minimum atomic E-state index is -0.128. The van der Waals surface area contributed by atoms with Gasteiger partial charge in [-0.2, -0.15) is 0 Å². The fourth-order valence-corrected chi connectivity index (χ4v) is 1.72. The number of hydrogen-bond donors (Lipinski definition) is 2. The van der Waals surface area contributed by atoms with Crippen LogP contribution in [0, 0.1) is 0 Å². The van der Waals surface area contributed by atoms with E-state index in [4.69, 9.17) is 0 Å². The number of amides is 2. The molecule has 5 nitrogen and oxygen atoms in total. The normalized spacial score (nSPS) is 20.5. The van der Waals surface area contributed by atoms with Gasteiger partial charge in [-0.25, -0.2) is 15.6 Å².